The average Bonchev–Trinajstić information content (AvgIpc) is 2.69. The quantitative estimate of drug-likeness (QED) is 0.741. The summed E-state index contributed by atoms with van der Waals surface area (Å²) in [5.74, 6) is 0.464. The number of allylic oxidation sites excluding steroid dienone is 1. The summed E-state index contributed by atoms with van der Waals surface area (Å²) in [6, 6.07) is 2.12. The van der Waals surface area contributed by atoms with Crippen LogP contribution >= 0.6 is 0 Å². The lowest BCUT2D eigenvalue weighted by molar-refractivity contribution is -0.0499. The summed E-state index contributed by atoms with van der Waals surface area (Å²) in [7, 11) is -0.306. The van der Waals surface area contributed by atoms with Crippen LogP contribution in [0, 0.1) is 17.2 Å². The van der Waals surface area contributed by atoms with E-state index in [2.05, 4.69) is 45.7 Å². The molecule has 0 aromatic carbocycles. The van der Waals surface area contributed by atoms with Gasteiger partial charge in [0.15, 0.2) is 0 Å². The maximum atomic E-state index is 8.99. The van der Waals surface area contributed by atoms with Crippen molar-refractivity contribution in [1.29, 1.82) is 5.26 Å². The first-order valence-electron chi connectivity index (χ1n) is 7.33. The molecule has 2 heterocycles. The van der Waals surface area contributed by atoms with Gasteiger partial charge in [0.2, 0.25) is 0 Å². The molecule has 0 aromatic rings. The number of nitriles is 1. The summed E-state index contributed by atoms with van der Waals surface area (Å²) in [6.07, 6.45) is 5.29. The molecule has 0 aromatic heterocycles. The summed E-state index contributed by atoms with van der Waals surface area (Å²) in [5, 5.41) is 8.99. The van der Waals surface area contributed by atoms with Crippen LogP contribution in [0.4, 0.5) is 0 Å². The van der Waals surface area contributed by atoms with Gasteiger partial charge in [-0.15, -0.1) is 0 Å². The molecule has 2 aliphatic heterocycles. The Morgan fingerprint density at radius 2 is 2.20 bits per heavy atom. The lowest BCUT2D eigenvalue weighted by Gasteiger charge is -2.41. The van der Waals surface area contributed by atoms with Gasteiger partial charge in [0.1, 0.15) is 11.8 Å². The number of rotatable bonds is 3. The number of aliphatic imine (C=N–C) groups is 1. The van der Waals surface area contributed by atoms with Crippen molar-refractivity contribution in [2.24, 2.45) is 10.9 Å². The van der Waals surface area contributed by atoms with Gasteiger partial charge < -0.3 is 9.31 Å². The van der Waals surface area contributed by atoms with E-state index in [1.807, 2.05) is 6.08 Å². The fraction of sp³-hybridized carbons (Fsp3) is 0.733. The molecule has 0 radical (unpaired) electrons. The Morgan fingerprint density at radius 3 is 2.80 bits per heavy atom. The second-order valence-corrected chi connectivity index (χ2v) is 6.43. The normalized spacial score (nSPS) is 33.7. The average molecular weight is 274 g/mol. The van der Waals surface area contributed by atoms with Crippen LogP contribution in [0.3, 0.4) is 0 Å². The molecule has 3 atom stereocenters. The van der Waals surface area contributed by atoms with E-state index in [4.69, 9.17) is 14.6 Å². The Kier molecular flexibility index (Phi) is 4.08. The van der Waals surface area contributed by atoms with Crippen molar-refractivity contribution in [2.75, 3.05) is 0 Å². The Morgan fingerprint density at radius 1 is 1.50 bits per heavy atom. The molecule has 0 spiro atoms. The van der Waals surface area contributed by atoms with Gasteiger partial charge in [-0.25, -0.2) is 0 Å². The maximum absolute atomic E-state index is 8.99. The van der Waals surface area contributed by atoms with Gasteiger partial charge >= 0.3 is 7.12 Å². The Labute approximate surface area is 122 Å². The van der Waals surface area contributed by atoms with Gasteiger partial charge in [-0.3, -0.25) is 4.99 Å². The first-order valence-corrected chi connectivity index (χ1v) is 7.33. The minimum absolute atomic E-state index is 0.0623. The molecular weight excluding hydrogens is 251 g/mol. The van der Waals surface area contributed by atoms with Crippen LogP contribution in [-0.2, 0) is 9.31 Å². The molecule has 2 rings (SSSR count). The van der Waals surface area contributed by atoms with Crippen LogP contribution in [0.25, 0.3) is 0 Å². The molecule has 108 valence electrons. The zero-order chi connectivity index (χ0) is 15.0. The van der Waals surface area contributed by atoms with Crippen molar-refractivity contribution < 1.29 is 9.31 Å². The molecule has 2 aliphatic rings. The monoisotopic (exact) mass is 274 g/mol. The second-order valence-electron chi connectivity index (χ2n) is 6.43. The molecule has 1 fully saturated rings. The Hall–Kier alpha value is -1.12. The Balaban J connectivity index is 2.17. The number of hydrogen-bond acceptors (Lipinski definition) is 4. The molecule has 1 saturated heterocycles. The van der Waals surface area contributed by atoms with Gasteiger partial charge in [-0.1, -0.05) is 26.3 Å². The van der Waals surface area contributed by atoms with Gasteiger partial charge in [0.25, 0.3) is 0 Å². The van der Waals surface area contributed by atoms with Gasteiger partial charge in [0, 0.05) is 18.4 Å². The molecule has 0 aliphatic carbocycles. The lowest BCUT2D eigenvalue weighted by atomic mass is 9.68. The molecule has 4 nitrogen and oxygen atoms in total. The highest BCUT2D eigenvalue weighted by molar-refractivity contribution is 6.49. The molecule has 0 N–H and O–H groups in total. The van der Waals surface area contributed by atoms with Crippen molar-refractivity contribution in [3.05, 3.63) is 12.3 Å². The van der Waals surface area contributed by atoms with E-state index < -0.39 is 0 Å². The van der Waals surface area contributed by atoms with Crippen molar-refractivity contribution in [3.63, 3.8) is 0 Å². The van der Waals surface area contributed by atoms with Crippen molar-refractivity contribution in [2.45, 2.75) is 64.5 Å². The first-order chi connectivity index (χ1) is 9.34. The highest BCUT2D eigenvalue weighted by Crippen LogP contribution is 2.46. The summed E-state index contributed by atoms with van der Waals surface area (Å²) in [6.45, 7) is 10.7. The molecule has 0 saturated carbocycles. The third-order valence-corrected chi connectivity index (χ3v) is 4.99. The smallest absolute Gasteiger partial charge is 0.403 e. The fourth-order valence-corrected chi connectivity index (χ4v) is 2.94. The third kappa shape index (κ3) is 2.43. The summed E-state index contributed by atoms with van der Waals surface area (Å²) < 4.78 is 12.5. The van der Waals surface area contributed by atoms with E-state index in [1.165, 1.54) is 0 Å². The van der Waals surface area contributed by atoms with E-state index in [0.717, 1.165) is 6.42 Å². The summed E-state index contributed by atoms with van der Waals surface area (Å²) in [5.41, 5.74) is -0.121. The van der Waals surface area contributed by atoms with E-state index in [-0.39, 0.29) is 24.1 Å². The zero-order valence-electron chi connectivity index (χ0n) is 13.0. The van der Waals surface area contributed by atoms with Crippen molar-refractivity contribution >= 4 is 12.8 Å². The van der Waals surface area contributed by atoms with Crippen LogP contribution in [0.1, 0.15) is 47.5 Å². The number of hydrogen-bond donors (Lipinski definition) is 0. The first kappa shape index (κ1) is 15.3. The molecule has 0 amide bonds. The highest BCUT2D eigenvalue weighted by atomic mass is 16.7. The molecule has 0 bridgehead atoms. The van der Waals surface area contributed by atoms with Gasteiger partial charge in [-0.2, -0.15) is 5.26 Å². The predicted octanol–water partition coefficient (Wildman–Crippen LogP) is 3.36. The highest BCUT2D eigenvalue weighted by Gasteiger charge is 2.57. The fourth-order valence-electron chi connectivity index (χ4n) is 2.94. The predicted molar refractivity (Wildman–Crippen MR) is 80.4 cm³/mol. The van der Waals surface area contributed by atoms with E-state index in [0.29, 0.717) is 18.1 Å². The van der Waals surface area contributed by atoms with Crippen molar-refractivity contribution in [1.82, 2.24) is 0 Å². The van der Waals surface area contributed by atoms with E-state index >= 15 is 0 Å². The lowest BCUT2D eigenvalue weighted by Crippen LogP contribution is -2.49. The van der Waals surface area contributed by atoms with Crippen LogP contribution in [0.15, 0.2) is 17.3 Å². The standard InChI is InChI=1S/C15H23BN2O2/c1-6-11(2)15(5)14(3,4)19-16(20-15)12-7-8-18-13(9-12)10-17/h7-8,11-12H,6,9H2,1-5H3. The molecular formula is C15H23BN2O2. The SMILES string of the molecule is CCC(C)C1(C)OB(C2C=CN=C(C#N)C2)OC1(C)C. The largest absolute Gasteiger partial charge is 0.465 e. The molecule has 3 unspecified atom stereocenters. The van der Waals surface area contributed by atoms with Crippen LogP contribution in [0.2, 0.25) is 5.82 Å². The minimum atomic E-state index is -0.345. The van der Waals surface area contributed by atoms with Gasteiger partial charge in [-0.05, 0) is 26.7 Å². The molecule has 5 heteroatoms. The summed E-state index contributed by atoms with van der Waals surface area (Å²) >= 11 is 0. The zero-order valence-corrected chi connectivity index (χ0v) is 13.0. The Bertz CT molecular complexity index is 481. The van der Waals surface area contributed by atoms with Gasteiger partial charge in [0.05, 0.1) is 11.2 Å². The van der Waals surface area contributed by atoms with Crippen LogP contribution < -0.4 is 0 Å². The topological polar surface area (TPSA) is 54.6 Å². The van der Waals surface area contributed by atoms with Crippen molar-refractivity contribution in [3.8, 4) is 6.07 Å². The third-order valence-electron chi connectivity index (χ3n) is 4.99. The number of nitrogens with zero attached hydrogens (tertiary/aromatic N) is 2. The van der Waals surface area contributed by atoms with Crippen LogP contribution in [0.5, 0.6) is 0 Å². The molecule has 20 heavy (non-hydrogen) atoms. The van der Waals surface area contributed by atoms with E-state index in [1.54, 1.807) is 6.20 Å². The van der Waals surface area contributed by atoms with E-state index in [9.17, 15) is 0 Å². The maximum Gasteiger partial charge on any atom is 0.465 e. The second kappa shape index (κ2) is 5.35. The summed E-state index contributed by atoms with van der Waals surface area (Å²) in [4.78, 5) is 4.06. The minimum Gasteiger partial charge on any atom is -0.403 e. The van der Waals surface area contributed by atoms with Crippen LogP contribution in [-0.4, -0.2) is 24.0 Å².